The van der Waals surface area contributed by atoms with Gasteiger partial charge in [-0.05, 0) is 43.4 Å². The minimum atomic E-state index is 0.719. The molecule has 2 nitrogen and oxygen atoms in total. The molecule has 0 atom stereocenters. The average Bonchev–Trinajstić information content (AvgIpc) is 3.04. The summed E-state index contributed by atoms with van der Waals surface area (Å²) in [4.78, 5) is 4.52. The number of hydrogen-bond donors (Lipinski definition) is 0. The monoisotopic (exact) mass is 226 g/mol. The molecule has 1 fully saturated rings. The van der Waals surface area contributed by atoms with E-state index in [1.807, 2.05) is 6.20 Å². The molecule has 0 unspecified atom stereocenters. The average molecular weight is 226 g/mol. The number of benzene rings is 1. The van der Waals surface area contributed by atoms with Crippen LogP contribution in [0.15, 0.2) is 30.6 Å². The minimum absolute atomic E-state index is 0.719. The molecule has 1 aliphatic rings. The van der Waals surface area contributed by atoms with E-state index in [0.29, 0.717) is 0 Å². The molecule has 1 aromatic carbocycles. The molecule has 0 radical (unpaired) electrons. The van der Waals surface area contributed by atoms with E-state index in [-0.39, 0.29) is 0 Å². The van der Waals surface area contributed by atoms with Crippen molar-refractivity contribution in [3.8, 4) is 0 Å². The first-order chi connectivity index (χ1) is 8.25. The first-order valence-corrected chi connectivity index (χ1v) is 6.32. The first kappa shape index (κ1) is 10.6. The fourth-order valence-corrected chi connectivity index (χ4v) is 2.45. The van der Waals surface area contributed by atoms with Gasteiger partial charge in [0.05, 0.1) is 0 Å². The van der Waals surface area contributed by atoms with Crippen LogP contribution in [0.1, 0.15) is 41.4 Å². The molecule has 2 heteroatoms. The van der Waals surface area contributed by atoms with Gasteiger partial charge in [-0.25, -0.2) is 4.98 Å². The van der Waals surface area contributed by atoms with Gasteiger partial charge in [-0.15, -0.1) is 0 Å². The van der Waals surface area contributed by atoms with Gasteiger partial charge in [0.15, 0.2) is 0 Å². The van der Waals surface area contributed by atoms with Crippen molar-refractivity contribution in [1.82, 2.24) is 9.55 Å². The van der Waals surface area contributed by atoms with Gasteiger partial charge >= 0.3 is 0 Å². The molecule has 2 aromatic rings. The van der Waals surface area contributed by atoms with E-state index in [1.54, 1.807) is 0 Å². The second-order valence-corrected chi connectivity index (χ2v) is 5.03. The molecule has 0 saturated heterocycles. The van der Waals surface area contributed by atoms with Crippen LogP contribution in [-0.4, -0.2) is 9.55 Å². The Morgan fingerprint density at radius 2 is 1.94 bits per heavy atom. The van der Waals surface area contributed by atoms with Crippen molar-refractivity contribution in [2.45, 2.75) is 39.2 Å². The molecular weight excluding hydrogens is 208 g/mol. The molecule has 0 N–H and O–H groups in total. The molecule has 88 valence electrons. The first-order valence-electron chi connectivity index (χ1n) is 6.32. The van der Waals surface area contributed by atoms with Crippen molar-refractivity contribution < 1.29 is 0 Å². The topological polar surface area (TPSA) is 17.8 Å². The van der Waals surface area contributed by atoms with Gasteiger partial charge in [0.1, 0.15) is 5.82 Å². The van der Waals surface area contributed by atoms with E-state index < -0.39 is 0 Å². The van der Waals surface area contributed by atoms with Crippen molar-refractivity contribution in [3.05, 3.63) is 53.1 Å². The Balaban J connectivity index is 1.93. The van der Waals surface area contributed by atoms with E-state index in [2.05, 4.69) is 47.8 Å². The Hall–Kier alpha value is -1.57. The second kappa shape index (κ2) is 4.02. The number of imidazole rings is 1. The van der Waals surface area contributed by atoms with Crippen molar-refractivity contribution in [2.24, 2.45) is 0 Å². The van der Waals surface area contributed by atoms with E-state index in [9.17, 15) is 0 Å². The highest BCUT2D eigenvalue weighted by Crippen LogP contribution is 2.36. The van der Waals surface area contributed by atoms with Crippen LogP contribution < -0.4 is 0 Å². The zero-order valence-corrected chi connectivity index (χ0v) is 10.5. The van der Waals surface area contributed by atoms with Gasteiger partial charge in [0, 0.05) is 24.9 Å². The van der Waals surface area contributed by atoms with Gasteiger partial charge in [-0.3, -0.25) is 0 Å². The molecule has 1 aromatic heterocycles. The third-order valence-corrected chi connectivity index (χ3v) is 3.67. The van der Waals surface area contributed by atoms with E-state index >= 15 is 0 Å². The predicted molar refractivity (Wildman–Crippen MR) is 69.2 cm³/mol. The molecule has 0 bridgehead atoms. The van der Waals surface area contributed by atoms with E-state index in [1.165, 1.54) is 35.4 Å². The summed E-state index contributed by atoms with van der Waals surface area (Å²) in [5.74, 6) is 1.21. The lowest BCUT2D eigenvalue weighted by Gasteiger charge is -2.11. The van der Waals surface area contributed by atoms with Crippen molar-refractivity contribution in [1.29, 1.82) is 0 Å². The number of nitrogens with zero attached hydrogens (tertiary/aromatic N) is 2. The minimum Gasteiger partial charge on any atom is -0.332 e. The Morgan fingerprint density at radius 3 is 2.59 bits per heavy atom. The van der Waals surface area contributed by atoms with Crippen LogP contribution in [0, 0.1) is 13.8 Å². The van der Waals surface area contributed by atoms with Gasteiger partial charge in [-0.2, -0.15) is 0 Å². The smallest absolute Gasteiger partial charge is 0.113 e. The van der Waals surface area contributed by atoms with Crippen LogP contribution in [0.2, 0.25) is 0 Å². The molecule has 0 amide bonds. The summed E-state index contributed by atoms with van der Waals surface area (Å²) in [7, 11) is 0. The Morgan fingerprint density at radius 1 is 1.24 bits per heavy atom. The molecule has 0 spiro atoms. The fourth-order valence-electron chi connectivity index (χ4n) is 2.45. The zero-order valence-electron chi connectivity index (χ0n) is 10.5. The Labute approximate surface area is 102 Å². The largest absolute Gasteiger partial charge is 0.332 e. The van der Waals surface area contributed by atoms with Gasteiger partial charge in [0.25, 0.3) is 0 Å². The molecule has 1 saturated carbocycles. The SMILES string of the molecule is Cc1cccc(C)c1Cc1nccn1C1CC1. The number of hydrogen-bond acceptors (Lipinski definition) is 1. The van der Waals surface area contributed by atoms with Crippen molar-refractivity contribution in [3.63, 3.8) is 0 Å². The van der Waals surface area contributed by atoms with Gasteiger partial charge in [-0.1, -0.05) is 18.2 Å². The van der Waals surface area contributed by atoms with Crippen LogP contribution in [0.5, 0.6) is 0 Å². The molecule has 1 aliphatic carbocycles. The van der Waals surface area contributed by atoms with Crippen molar-refractivity contribution >= 4 is 0 Å². The summed E-state index contributed by atoms with van der Waals surface area (Å²) in [6.45, 7) is 4.37. The summed E-state index contributed by atoms with van der Waals surface area (Å²) in [5, 5.41) is 0. The lowest BCUT2D eigenvalue weighted by Crippen LogP contribution is -2.04. The maximum absolute atomic E-state index is 4.52. The number of aromatic nitrogens is 2. The Kier molecular flexibility index (Phi) is 2.50. The summed E-state index contributed by atoms with van der Waals surface area (Å²) in [5.41, 5.74) is 4.17. The predicted octanol–water partition coefficient (Wildman–Crippen LogP) is 3.43. The number of aryl methyl sites for hydroxylation is 2. The normalized spacial score (nSPS) is 15.2. The molecule has 17 heavy (non-hydrogen) atoms. The van der Waals surface area contributed by atoms with Crippen LogP contribution in [0.3, 0.4) is 0 Å². The summed E-state index contributed by atoms with van der Waals surface area (Å²) in [6, 6.07) is 7.22. The highest BCUT2D eigenvalue weighted by atomic mass is 15.1. The highest BCUT2D eigenvalue weighted by molar-refractivity contribution is 5.35. The summed E-state index contributed by atoms with van der Waals surface area (Å²) >= 11 is 0. The van der Waals surface area contributed by atoms with Crippen molar-refractivity contribution in [2.75, 3.05) is 0 Å². The number of rotatable bonds is 3. The van der Waals surface area contributed by atoms with Gasteiger partial charge < -0.3 is 4.57 Å². The van der Waals surface area contributed by atoms with Crippen LogP contribution in [-0.2, 0) is 6.42 Å². The summed E-state index contributed by atoms with van der Waals surface area (Å²) < 4.78 is 2.35. The maximum Gasteiger partial charge on any atom is 0.113 e. The molecular formula is C15H18N2. The molecule has 1 heterocycles. The maximum atomic E-state index is 4.52. The van der Waals surface area contributed by atoms with Crippen LogP contribution in [0.25, 0.3) is 0 Å². The van der Waals surface area contributed by atoms with E-state index in [0.717, 1.165) is 12.5 Å². The van der Waals surface area contributed by atoms with Crippen LogP contribution >= 0.6 is 0 Å². The summed E-state index contributed by atoms with van der Waals surface area (Å²) in [6.07, 6.45) is 7.65. The zero-order chi connectivity index (χ0) is 11.8. The lowest BCUT2D eigenvalue weighted by atomic mass is 10.00. The third kappa shape index (κ3) is 1.99. The fraction of sp³-hybridized carbons (Fsp3) is 0.400. The lowest BCUT2D eigenvalue weighted by molar-refractivity contribution is 0.693. The standard InChI is InChI=1S/C15H18N2/c1-11-4-3-5-12(2)14(11)10-15-16-8-9-17(15)13-6-7-13/h3-5,8-9,13H,6-7,10H2,1-2H3. The van der Waals surface area contributed by atoms with Gasteiger partial charge in [0.2, 0.25) is 0 Å². The third-order valence-electron chi connectivity index (χ3n) is 3.67. The quantitative estimate of drug-likeness (QED) is 0.784. The highest BCUT2D eigenvalue weighted by Gasteiger charge is 2.25. The second-order valence-electron chi connectivity index (χ2n) is 5.03. The van der Waals surface area contributed by atoms with E-state index in [4.69, 9.17) is 0 Å². The Bertz CT molecular complexity index is 515. The van der Waals surface area contributed by atoms with Crippen LogP contribution in [0.4, 0.5) is 0 Å². The molecule has 3 rings (SSSR count). The molecule has 0 aliphatic heterocycles.